The Bertz CT molecular complexity index is 1350. The predicted octanol–water partition coefficient (Wildman–Crippen LogP) is 2.88. The summed E-state index contributed by atoms with van der Waals surface area (Å²) in [4.78, 5) is 0. The van der Waals surface area contributed by atoms with Crippen LogP contribution in [0.5, 0.6) is 0 Å². The molecule has 0 radical (unpaired) electrons. The molecule has 2 aliphatic carbocycles. The van der Waals surface area contributed by atoms with Crippen LogP contribution in [0, 0.1) is 22.7 Å². The van der Waals surface area contributed by atoms with Crippen molar-refractivity contribution in [1.82, 2.24) is 0 Å². The largest absolute Gasteiger partial charge is 0.193 e. The molecule has 0 saturated heterocycles. The van der Waals surface area contributed by atoms with Crippen molar-refractivity contribution >= 4 is 34.1 Å². The maximum Gasteiger partial charge on any atom is 0.0956 e. The molecule has 3 aromatic rings. The first-order valence-corrected chi connectivity index (χ1v) is 8.61. The zero-order chi connectivity index (χ0) is 17.9. The third-order valence-corrected chi connectivity index (χ3v) is 4.85. The van der Waals surface area contributed by atoms with Crippen molar-refractivity contribution in [3.8, 4) is 12.1 Å². The molecule has 130 valence electrons. The van der Waals surface area contributed by atoms with Gasteiger partial charge in [-0.2, -0.15) is 10.5 Å². The molecule has 0 atom stereocenters. The van der Waals surface area contributed by atoms with Gasteiger partial charge in [0.25, 0.3) is 0 Å². The molecular formula is C25H20N2. The Labute approximate surface area is 158 Å². The van der Waals surface area contributed by atoms with Gasteiger partial charge < -0.3 is 0 Å². The highest BCUT2D eigenvalue weighted by Crippen LogP contribution is 2.11. The number of hydrogen-bond acceptors (Lipinski definition) is 2. The van der Waals surface area contributed by atoms with Crippen LogP contribution < -0.4 is 20.9 Å². The quantitative estimate of drug-likeness (QED) is 0.627. The maximum atomic E-state index is 8.98. The fourth-order valence-corrected chi connectivity index (χ4v) is 3.49. The molecule has 0 heterocycles. The standard InChI is InChI=1S/C14H9N.C10H7N.CH4/c15-9-13-6-5-12-7-10-3-1-2-4-11(10)8-14(12)13;11-7-9-6-5-8-3-1-2-4-10(8)9;/h1-5,7-8H,6H2;1-5H,6H2;1H4. The second-order valence-corrected chi connectivity index (χ2v) is 6.37. The van der Waals surface area contributed by atoms with E-state index in [0.29, 0.717) is 0 Å². The first-order valence-electron chi connectivity index (χ1n) is 8.61. The van der Waals surface area contributed by atoms with Crippen molar-refractivity contribution in [2.24, 2.45) is 0 Å². The fourth-order valence-electron chi connectivity index (χ4n) is 3.49. The van der Waals surface area contributed by atoms with Gasteiger partial charge in [-0.05, 0) is 43.8 Å². The van der Waals surface area contributed by atoms with Crippen molar-refractivity contribution in [3.63, 3.8) is 0 Å². The van der Waals surface area contributed by atoms with Crippen LogP contribution in [0.2, 0.25) is 0 Å². The molecular weight excluding hydrogens is 328 g/mol. The van der Waals surface area contributed by atoms with Crippen LogP contribution in [-0.2, 0) is 0 Å². The number of benzene rings is 3. The van der Waals surface area contributed by atoms with Crippen molar-refractivity contribution in [3.05, 3.63) is 81.5 Å². The minimum atomic E-state index is 0. The number of hydrogen-bond donors (Lipinski definition) is 0. The lowest BCUT2D eigenvalue weighted by atomic mass is 10.1. The maximum absolute atomic E-state index is 8.98. The molecule has 0 saturated carbocycles. The Morgan fingerprint density at radius 3 is 1.89 bits per heavy atom. The van der Waals surface area contributed by atoms with Crippen LogP contribution in [-0.4, -0.2) is 0 Å². The number of fused-ring (bicyclic) bond motifs is 3. The van der Waals surface area contributed by atoms with E-state index in [9.17, 15) is 0 Å². The van der Waals surface area contributed by atoms with E-state index in [4.69, 9.17) is 10.5 Å². The topological polar surface area (TPSA) is 47.6 Å². The smallest absolute Gasteiger partial charge is 0.0956 e. The van der Waals surface area contributed by atoms with Crippen LogP contribution in [0.4, 0.5) is 0 Å². The van der Waals surface area contributed by atoms with E-state index in [2.05, 4.69) is 48.6 Å². The molecule has 0 N–H and O–H groups in total. The Kier molecular flexibility index (Phi) is 5.20. The molecule has 0 aromatic heterocycles. The van der Waals surface area contributed by atoms with Gasteiger partial charge in [0.2, 0.25) is 0 Å². The summed E-state index contributed by atoms with van der Waals surface area (Å²) in [6, 6.07) is 25.0. The van der Waals surface area contributed by atoms with Crippen LogP contribution in [0.1, 0.15) is 20.3 Å². The van der Waals surface area contributed by atoms with Crippen molar-refractivity contribution in [2.45, 2.75) is 20.3 Å². The van der Waals surface area contributed by atoms with Crippen LogP contribution >= 0.6 is 0 Å². The second kappa shape index (κ2) is 7.73. The number of rotatable bonds is 0. The summed E-state index contributed by atoms with van der Waals surface area (Å²) in [7, 11) is 0. The van der Waals surface area contributed by atoms with E-state index in [1.807, 2.05) is 36.4 Å². The van der Waals surface area contributed by atoms with Gasteiger partial charge in [-0.1, -0.05) is 68.1 Å². The van der Waals surface area contributed by atoms with Gasteiger partial charge in [0.05, 0.1) is 12.1 Å². The summed E-state index contributed by atoms with van der Waals surface area (Å²) in [5.74, 6) is 0. The lowest BCUT2D eigenvalue weighted by molar-refractivity contribution is 1.47. The first-order chi connectivity index (χ1) is 12.8. The van der Waals surface area contributed by atoms with Gasteiger partial charge in [-0.25, -0.2) is 0 Å². The molecule has 0 amide bonds. The van der Waals surface area contributed by atoms with Crippen molar-refractivity contribution < 1.29 is 0 Å². The molecule has 0 bridgehead atoms. The molecule has 2 aliphatic rings. The molecule has 3 aromatic carbocycles. The first kappa shape index (κ1) is 18.2. The van der Waals surface area contributed by atoms with Gasteiger partial charge in [0, 0.05) is 24.0 Å². The Morgan fingerprint density at radius 1 is 0.630 bits per heavy atom. The van der Waals surface area contributed by atoms with E-state index in [1.165, 1.54) is 21.2 Å². The fraction of sp³-hybridized carbons (Fsp3) is 0.120. The molecule has 0 aliphatic heterocycles. The lowest BCUT2D eigenvalue weighted by Gasteiger charge is -1.96. The SMILES string of the molecule is C.N#CC1=c2cc3ccccc3cc2=CC1.N#CC1=c2ccccc2=CC1. The molecule has 0 unspecified atom stereocenters. The minimum Gasteiger partial charge on any atom is -0.193 e. The lowest BCUT2D eigenvalue weighted by Crippen LogP contribution is -2.22. The molecule has 2 heteroatoms. The van der Waals surface area contributed by atoms with E-state index in [1.54, 1.807) is 0 Å². The summed E-state index contributed by atoms with van der Waals surface area (Å²) >= 11 is 0. The molecule has 5 rings (SSSR count). The number of nitriles is 2. The van der Waals surface area contributed by atoms with Crippen LogP contribution in [0.3, 0.4) is 0 Å². The third-order valence-electron chi connectivity index (χ3n) is 4.85. The average molecular weight is 348 g/mol. The molecule has 0 spiro atoms. The van der Waals surface area contributed by atoms with E-state index in [0.717, 1.165) is 34.4 Å². The van der Waals surface area contributed by atoms with Gasteiger partial charge in [0.15, 0.2) is 0 Å². The van der Waals surface area contributed by atoms with Gasteiger partial charge in [0.1, 0.15) is 0 Å². The van der Waals surface area contributed by atoms with Gasteiger partial charge in [-0.15, -0.1) is 0 Å². The second-order valence-electron chi connectivity index (χ2n) is 6.37. The zero-order valence-electron chi connectivity index (χ0n) is 14.2. The zero-order valence-corrected chi connectivity index (χ0v) is 14.2. The highest BCUT2D eigenvalue weighted by Gasteiger charge is 2.05. The van der Waals surface area contributed by atoms with E-state index < -0.39 is 0 Å². The van der Waals surface area contributed by atoms with Crippen molar-refractivity contribution in [1.29, 1.82) is 10.5 Å². The highest BCUT2D eigenvalue weighted by atomic mass is 14.3. The van der Waals surface area contributed by atoms with Crippen LogP contribution in [0.25, 0.3) is 34.1 Å². The summed E-state index contributed by atoms with van der Waals surface area (Å²) in [5, 5.41) is 24.7. The average Bonchev–Trinajstić information content (AvgIpc) is 3.30. The van der Waals surface area contributed by atoms with Gasteiger partial charge >= 0.3 is 0 Å². The summed E-state index contributed by atoms with van der Waals surface area (Å²) in [5.41, 5.74) is 1.77. The van der Waals surface area contributed by atoms with E-state index in [-0.39, 0.29) is 7.43 Å². The Balaban J connectivity index is 0.000000157. The minimum absolute atomic E-state index is 0. The normalized spacial score (nSPS) is 13.0. The summed E-state index contributed by atoms with van der Waals surface area (Å²) in [6.45, 7) is 0. The molecule has 2 nitrogen and oxygen atoms in total. The summed E-state index contributed by atoms with van der Waals surface area (Å²) in [6.07, 6.45) is 5.80. The highest BCUT2D eigenvalue weighted by molar-refractivity contribution is 5.85. The predicted molar refractivity (Wildman–Crippen MR) is 112 cm³/mol. The molecule has 27 heavy (non-hydrogen) atoms. The van der Waals surface area contributed by atoms with E-state index >= 15 is 0 Å². The molecule has 0 fully saturated rings. The van der Waals surface area contributed by atoms with Gasteiger partial charge in [-0.3, -0.25) is 0 Å². The van der Waals surface area contributed by atoms with Crippen molar-refractivity contribution in [2.75, 3.05) is 0 Å². The summed E-state index contributed by atoms with van der Waals surface area (Å²) < 4.78 is 0. The number of nitrogens with zero attached hydrogens (tertiary/aromatic N) is 2. The Hall–Kier alpha value is -3.62. The monoisotopic (exact) mass is 348 g/mol. The Morgan fingerprint density at radius 2 is 1.19 bits per heavy atom. The third kappa shape index (κ3) is 3.39. The van der Waals surface area contributed by atoms with Crippen LogP contribution in [0.15, 0.2) is 60.7 Å².